The van der Waals surface area contributed by atoms with Crippen LogP contribution in [-0.2, 0) is 6.54 Å². The molecule has 1 N–H and O–H groups in total. The molecule has 0 radical (unpaired) electrons. The summed E-state index contributed by atoms with van der Waals surface area (Å²) in [6.07, 6.45) is 0. The highest BCUT2D eigenvalue weighted by Gasteiger charge is 2.23. The molecular formula is C18H17FN4O. The minimum absolute atomic E-state index is 0.184. The quantitative estimate of drug-likeness (QED) is 0.783. The molecule has 0 fully saturated rings. The summed E-state index contributed by atoms with van der Waals surface area (Å²) < 4.78 is 13.9. The van der Waals surface area contributed by atoms with E-state index in [4.69, 9.17) is 0 Å². The zero-order valence-electron chi connectivity index (χ0n) is 13.2. The smallest absolute Gasteiger partial charge is 0.276 e. The number of carbonyl (C=O) groups is 1. The van der Waals surface area contributed by atoms with Gasteiger partial charge >= 0.3 is 0 Å². The molecule has 0 unspecified atom stereocenters. The molecule has 0 atom stereocenters. The van der Waals surface area contributed by atoms with Crippen molar-refractivity contribution in [3.05, 3.63) is 71.7 Å². The lowest BCUT2D eigenvalue weighted by molar-refractivity contribution is 0.0746. The molecule has 0 aliphatic carbocycles. The number of nitrogens with zero attached hydrogens (tertiary/aromatic N) is 3. The van der Waals surface area contributed by atoms with Crippen molar-refractivity contribution >= 4 is 5.91 Å². The number of hydrogen-bond donors (Lipinski definition) is 1. The van der Waals surface area contributed by atoms with Crippen LogP contribution in [0.4, 0.5) is 4.39 Å². The first-order valence-corrected chi connectivity index (χ1v) is 7.69. The van der Waals surface area contributed by atoms with E-state index >= 15 is 0 Å². The number of aromatic amines is 1. The van der Waals surface area contributed by atoms with Crippen LogP contribution in [0.3, 0.4) is 0 Å². The molecule has 3 rings (SSSR count). The number of halogens is 1. The molecule has 122 valence electrons. The fraction of sp³-hybridized carbons (Fsp3) is 0.167. The topological polar surface area (TPSA) is 61.9 Å². The summed E-state index contributed by atoms with van der Waals surface area (Å²) in [7, 11) is 0. The van der Waals surface area contributed by atoms with E-state index < -0.39 is 0 Å². The van der Waals surface area contributed by atoms with Crippen LogP contribution < -0.4 is 0 Å². The second-order valence-corrected chi connectivity index (χ2v) is 5.30. The van der Waals surface area contributed by atoms with Gasteiger partial charge in [0.2, 0.25) is 0 Å². The Kier molecular flexibility index (Phi) is 4.65. The van der Waals surface area contributed by atoms with Crippen molar-refractivity contribution in [2.45, 2.75) is 13.5 Å². The van der Waals surface area contributed by atoms with Crippen molar-refractivity contribution in [1.29, 1.82) is 0 Å². The maximum atomic E-state index is 13.9. The first-order valence-electron chi connectivity index (χ1n) is 7.69. The monoisotopic (exact) mass is 324 g/mol. The molecule has 2 aromatic carbocycles. The van der Waals surface area contributed by atoms with Crippen LogP contribution in [0.1, 0.15) is 23.0 Å². The molecule has 6 heteroatoms. The molecule has 0 saturated carbocycles. The number of amides is 1. The molecule has 0 spiro atoms. The fourth-order valence-electron chi connectivity index (χ4n) is 2.49. The molecule has 1 aromatic heterocycles. The minimum atomic E-state index is -0.327. The fourth-order valence-corrected chi connectivity index (χ4v) is 2.49. The van der Waals surface area contributed by atoms with Gasteiger partial charge in [0.15, 0.2) is 5.69 Å². The highest BCUT2D eigenvalue weighted by molar-refractivity contribution is 5.97. The Balaban J connectivity index is 1.88. The van der Waals surface area contributed by atoms with Crippen LogP contribution in [-0.4, -0.2) is 32.8 Å². The summed E-state index contributed by atoms with van der Waals surface area (Å²) in [6.45, 7) is 2.47. The average molecular weight is 324 g/mol. The number of H-pyrrole nitrogens is 1. The van der Waals surface area contributed by atoms with Gasteiger partial charge in [-0.3, -0.25) is 4.79 Å². The third-order valence-electron chi connectivity index (χ3n) is 3.79. The van der Waals surface area contributed by atoms with Crippen molar-refractivity contribution in [2.24, 2.45) is 0 Å². The van der Waals surface area contributed by atoms with E-state index in [9.17, 15) is 9.18 Å². The highest BCUT2D eigenvalue weighted by atomic mass is 19.1. The Morgan fingerprint density at radius 2 is 1.79 bits per heavy atom. The van der Waals surface area contributed by atoms with Crippen LogP contribution in [0.15, 0.2) is 54.6 Å². The number of nitrogens with one attached hydrogen (secondary N) is 1. The maximum Gasteiger partial charge on any atom is 0.276 e. The first kappa shape index (κ1) is 15.9. The zero-order valence-corrected chi connectivity index (χ0v) is 13.2. The van der Waals surface area contributed by atoms with Crippen LogP contribution >= 0.6 is 0 Å². The van der Waals surface area contributed by atoms with Crippen LogP contribution in [0, 0.1) is 5.82 Å². The van der Waals surface area contributed by atoms with E-state index in [0.29, 0.717) is 17.8 Å². The average Bonchev–Trinajstić information content (AvgIpc) is 3.11. The molecule has 24 heavy (non-hydrogen) atoms. The van der Waals surface area contributed by atoms with Gasteiger partial charge in [0.05, 0.1) is 0 Å². The molecule has 0 bridgehead atoms. The number of rotatable bonds is 5. The second kappa shape index (κ2) is 7.04. The van der Waals surface area contributed by atoms with Gasteiger partial charge in [-0.05, 0) is 13.0 Å². The normalized spacial score (nSPS) is 10.6. The van der Waals surface area contributed by atoms with Gasteiger partial charge in [0.1, 0.15) is 11.5 Å². The standard InChI is InChI=1S/C18H17FN4O/c1-2-23(12-14-10-6-7-11-15(14)19)18(24)17-16(20-22-21-17)13-8-4-3-5-9-13/h3-11H,2,12H2,1H3,(H,20,21,22). The zero-order chi connectivity index (χ0) is 16.9. The number of benzene rings is 2. The Hall–Kier alpha value is -3.02. The van der Waals surface area contributed by atoms with E-state index in [1.807, 2.05) is 37.3 Å². The Bertz CT molecular complexity index is 832. The van der Waals surface area contributed by atoms with Crippen molar-refractivity contribution in [3.63, 3.8) is 0 Å². The summed E-state index contributed by atoms with van der Waals surface area (Å²) in [5, 5.41) is 10.6. The SMILES string of the molecule is CCN(Cc1ccccc1F)C(=O)c1n[nH]nc1-c1ccccc1. The van der Waals surface area contributed by atoms with E-state index in [2.05, 4.69) is 15.4 Å². The van der Waals surface area contributed by atoms with Gasteiger partial charge in [-0.1, -0.05) is 48.5 Å². The van der Waals surface area contributed by atoms with Gasteiger partial charge in [0.25, 0.3) is 5.91 Å². The van der Waals surface area contributed by atoms with E-state index in [-0.39, 0.29) is 24.0 Å². The highest BCUT2D eigenvalue weighted by Crippen LogP contribution is 2.21. The largest absolute Gasteiger partial charge is 0.333 e. The lowest BCUT2D eigenvalue weighted by Gasteiger charge is -2.20. The third-order valence-corrected chi connectivity index (χ3v) is 3.79. The summed E-state index contributed by atoms with van der Waals surface area (Å²) in [5.41, 5.74) is 2.00. The predicted molar refractivity (Wildman–Crippen MR) is 88.6 cm³/mol. The number of aromatic nitrogens is 3. The van der Waals surface area contributed by atoms with Crippen molar-refractivity contribution in [2.75, 3.05) is 6.54 Å². The second-order valence-electron chi connectivity index (χ2n) is 5.30. The van der Waals surface area contributed by atoms with Crippen LogP contribution in [0.25, 0.3) is 11.3 Å². The molecular weight excluding hydrogens is 307 g/mol. The van der Waals surface area contributed by atoms with E-state index in [1.54, 1.807) is 23.1 Å². The summed E-state index contributed by atoms with van der Waals surface area (Å²) in [5.74, 6) is -0.611. The Morgan fingerprint density at radius 3 is 2.50 bits per heavy atom. The molecule has 1 heterocycles. The lowest BCUT2D eigenvalue weighted by Crippen LogP contribution is -2.31. The van der Waals surface area contributed by atoms with Crippen molar-refractivity contribution in [3.8, 4) is 11.3 Å². The van der Waals surface area contributed by atoms with Crippen LogP contribution in [0.5, 0.6) is 0 Å². The van der Waals surface area contributed by atoms with Gasteiger partial charge in [-0.2, -0.15) is 15.4 Å². The lowest BCUT2D eigenvalue weighted by atomic mass is 10.1. The molecule has 0 saturated heterocycles. The van der Waals surface area contributed by atoms with E-state index in [0.717, 1.165) is 5.56 Å². The molecule has 0 aliphatic rings. The molecule has 5 nitrogen and oxygen atoms in total. The van der Waals surface area contributed by atoms with Crippen LogP contribution in [0.2, 0.25) is 0 Å². The Labute approximate surface area is 139 Å². The van der Waals surface area contributed by atoms with E-state index in [1.165, 1.54) is 6.07 Å². The minimum Gasteiger partial charge on any atom is -0.333 e. The molecule has 0 aliphatic heterocycles. The first-order chi connectivity index (χ1) is 11.7. The van der Waals surface area contributed by atoms with Crippen molar-refractivity contribution < 1.29 is 9.18 Å². The van der Waals surface area contributed by atoms with Gasteiger partial charge in [-0.15, -0.1) is 0 Å². The van der Waals surface area contributed by atoms with Gasteiger partial charge in [0, 0.05) is 24.2 Å². The summed E-state index contributed by atoms with van der Waals surface area (Å²) >= 11 is 0. The van der Waals surface area contributed by atoms with Gasteiger partial charge < -0.3 is 4.90 Å². The third kappa shape index (κ3) is 3.17. The van der Waals surface area contributed by atoms with Gasteiger partial charge in [-0.25, -0.2) is 4.39 Å². The summed E-state index contributed by atoms with van der Waals surface area (Å²) in [4.78, 5) is 14.4. The summed E-state index contributed by atoms with van der Waals surface area (Å²) in [6, 6.07) is 15.8. The maximum absolute atomic E-state index is 13.9. The number of hydrogen-bond acceptors (Lipinski definition) is 3. The van der Waals surface area contributed by atoms with Crippen molar-refractivity contribution in [1.82, 2.24) is 20.3 Å². The Morgan fingerprint density at radius 1 is 1.08 bits per heavy atom. The number of carbonyl (C=O) groups excluding carboxylic acids is 1. The molecule has 1 amide bonds. The predicted octanol–water partition coefficient (Wildman–Crippen LogP) is 3.27. The molecule has 3 aromatic rings.